The Morgan fingerprint density at radius 1 is 1.09 bits per heavy atom. The number of rotatable bonds is 8. The van der Waals surface area contributed by atoms with Crippen LogP contribution in [0, 0.1) is 0 Å². The molecule has 5 heteroatoms. The predicted molar refractivity (Wildman–Crippen MR) is 93.8 cm³/mol. The molecule has 23 heavy (non-hydrogen) atoms. The summed E-state index contributed by atoms with van der Waals surface area (Å²) in [6.45, 7) is 0.531. The molecule has 0 bridgehead atoms. The van der Waals surface area contributed by atoms with Crippen LogP contribution in [-0.4, -0.2) is 37.2 Å². The maximum Gasteiger partial charge on any atom is 0.220 e. The number of carbonyl (C=O) groups excluding carboxylic acids is 2. The zero-order valence-electron chi connectivity index (χ0n) is 13.5. The molecule has 0 spiro atoms. The van der Waals surface area contributed by atoms with Gasteiger partial charge < -0.3 is 10.2 Å². The number of amides is 1. The Morgan fingerprint density at radius 3 is 2.43 bits per heavy atom. The average Bonchev–Trinajstić information content (AvgIpc) is 3.08. The molecular formula is C18H22N2O2S. The van der Waals surface area contributed by atoms with Crippen LogP contribution in [0.25, 0.3) is 0 Å². The van der Waals surface area contributed by atoms with Crippen LogP contribution in [-0.2, 0) is 4.79 Å². The Kier molecular flexibility index (Phi) is 6.50. The van der Waals surface area contributed by atoms with Crippen LogP contribution in [0.15, 0.2) is 47.8 Å². The standard InChI is InChI=1S/C18H22N2O2S/c1-20(2)15(14-7-4-3-5-8-14)13-19-18(22)11-10-16(21)17-9-6-12-23-17/h3-9,12,15H,10-11,13H2,1-2H3,(H,19,22). The number of Topliss-reactive ketones (excluding diaryl/α,β-unsaturated/α-hetero) is 1. The van der Waals surface area contributed by atoms with Crippen molar-refractivity contribution in [2.45, 2.75) is 18.9 Å². The lowest BCUT2D eigenvalue weighted by Crippen LogP contribution is -2.34. The summed E-state index contributed by atoms with van der Waals surface area (Å²) >= 11 is 1.41. The maximum absolute atomic E-state index is 12.0. The van der Waals surface area contributed by atoms with E-state index in [0.717, 1.165) is 5.56 Å². The van der Waals surface area contributed by atoms with Crippen molar-refractivity contribution >= 4 is 23.0 Å². The van der Waals surface area contributed by atoms with E-state index in [2.05, 4.69) is 22.3 Å². The lowest BCUT2D eigenvalue weighted by Gasteiger charge is -2.25. The van der Waals surface area contributed by atoms with E-state index in [0.29, 0.717) is 11.4 Å². The smallest absolute Gasteiger partial charge is 0.220 e. The Labute approximate surface area is 141 Å². The van der Waals surface area contributed by atoms with Gasteiger partial charge in [0, 0.05) is 19.4 Å². The van der Waals surface area contributed by atoms with Crippen LogP contribution in [0.1, 0.15) is 34.1 Å². The van der Waals surface area contributed by atoms with Gasteiger partial charge in [-0.15, -0.1) is 11.3 Å². The molecule has 122 valence electrons. The zero-order chi connectivity index (χ0) is 16.7. The number of thiophene rings is 1. The molecule has 0 saturated carbocycles. The van der Waals surface area contributed by atoms with Gasteiger partial charge in [0.05, 0.1) is 10.9 Å². The van der Waals surface area contributed by atoms with Crippen LogP contribution in [0.4, 0.5) is 0 Å². The van der Waals surface area contributed by atoms with Gasteiger partial charge >= 0.3 is 0 Å². The summed E-state index contributed by atoms with van der Waals surface area (Å²) in [5, 5.41) is 4.80. The first-order valence-electron chi connectivity index (χ1n) is 7.62. The lowest BCUT2D eigenvalue weighted by atomic mass is 10.1. The predicted octanol–water partition coefficient (Wildman–Crippen LogP) is 3.13. The molecule has 4 nitrogen and oxygen atoms in total. The fourth-order valence-corrected chi connectivity index (χ4v) is 3.05. The molecule has 1 N–H and O–H groups in total. The summed E-state index contributed by atoms with van der Waals surface area (Å²) in [6, 6.07) is 13.8. The van der Waals surface area contributed by atoms with Crippen LogP contribution >= 0.6 is 11.3 Å². The molecule has 2 aromatic rings. The van der Waals surface area contributed by atoms with Crippen molar-refractivity contribution in [1.29, 1.82) is 0 Å². The van der Waals surface area contributed by atoms with Gasteiger partial charge in [-0.05, 0) is 31.1 Å². The van der Waals surface area contributed by atoms with E-state index >= 15 is 0 Å². The fourth-order valence-electron chi connectivity index (χ4n) is 2.36. The van der Waals surface area contributed by atoms with Crippen LogP contribution in [0.5, 0.6) is 0 Å². The lowest BCUT2D eigenvalue weighted by molar-refractivity contribution is -0.121. The van der Waals surface area contributed by atoms with Gasteiger partial charge in [-0.3, -0.25) is 9.59 Å². The number of hydrogen-bond donors (Lipinski definition) is 1. The van der Waals surface area contributed by atoms with E-state index in [4.69, 9.17) is 0 Å². The number of likely N-dealkylation sites (N-methyl/N-ethyl adjacent to an activating group) is 1. The average molecular weight is 330 g/mol. The van der Waals surface area contributed by atoms with Crippen molar-refractivity contribution in [2.75, 3.05) is 20.6 Å². The first kappa shape index (κ1) is 17.4. The molecule has 0 radical (unpaired) electrons. The van der Waals surface area contributed by atoms with Gasteiger partial charge in [-0.25, -0.2) is 0 Å². The second kappa shape index (κ2) is 8.60. The highest BCUT2D eigenvalue weighted by Gasteiger charge is 2.15. The first-order valence-corrected chi connectivity index (χ1v) is 8.50. The van der Waals surface area contributed by atoms with Crippen molar-refractivity contribution in [1.82, 2.24) is 10.2 Å². The van der Waals surface area contributed by atoms with Gasteiger partial charge in [0.25, 0.3) is 0 Å². The molecule has 0 saturated heterocycles. The van der Waals surface area contributed by atoms with Crippen LogP contribution < -0.4 is 5.32 Å². The molecule has 1 unspecified atom stereocenters. The number of hydrogen-bond acceptors (Lipinski definition) is 4. The van der Waals surface area contributed by atoms with Crippen LogP contribution in [0.2, 0.25) is 0 Å². The molecule has 1 heterocycles. The molecule has 0 fully saturated rings. The molecular weight excluding hydrogens is 308 g/mol. The third kappa shape index (κ3) is 5.30. The third-order valence-corrected chi connectivity index (χ3v) is 4.59. The number of nitrogens with one attached hydrogen (secondary N) is 1. The minimum Gasteiger partial charge on any atom is -0.354 e. The molecule has 1 amide bonds. The monoisotopic (exact) mass is 330 g/mol. The molecule has 1 atom stereocenters. The molecule has 0 aliphatic carbocycles. The number of benzene rings is 1. The summed E-state index contributed by atoms with van der Waals surface area (Å²) in [4.78, 5) is 26.7. The van der Waals surface area contributed by atoms with E-state index in [1.807, 2.05) is 43.7 Å². The highest BCUT2D eigenvalue weighted by Crippen LogP contribution is 2.17. The van der Waals surface area contributed by atoms with E-state index in [9.17, 15) is 9.59 Å². The second-order valence-corrected chi connectivity index (χ2v) is 6.54. The molecule has 1 aromatic carbocycles. The minimum atomic E-state index is -0.0855. The van der Waals surface area contributed by atoms with E-state index in [1.165, 1.54) is 11.3 Å². The van der Waals surface area contributed by atoms with Gasteiger partial charge in [0.1, 0.15) is 0 Å². The zero-order valence-corrected chi connectivity index (χ0v) is 14.3. The molecule has 0 aliphatic heterocycles. The Hall–Kier alpha value is -1.98. The Morgan fingerprint density at radius 2 is 1.83 bits per heavy atom. The van der Waals surface area contributed by atoms with E-state index < -0.39 is 0 Å². The Balaban J connectivity index is 1.81. The topological polar surface area (TPSA) is 49.4 Å². The molecule has 0 aliphatic rings. The number of ketones is 1. The van der Waals surface area contributed by atoms with Gasteiger partial charge in [-0.1, -0.05) is 36.4 Å². The number of nitrogens with zero attached hydrogens (tertiary/aromatic N) is 1. The molecule has 2 rings (SSSR count). The summed E-state index contributed by atoms with van der Waals surface area (Å²) in [6.07, 6.45) is 0.482. The first-order chi connectivity index (χ1) is 11.1. The van der Waals surface area contributed by atoms with E-state index in [-0.39, 0.29) is 30.6 Å². The highest BCUT2D eigenvalue weighted by molar-refractivity contribution is 7.12. The van der Waals surface area contributed by atoms with Gasteiger partial charge in [-0.2, -0.15) is 0 Å². The summed E-state index contributed by atoms with van der Waals surface area (Å²) in [5.41, 5.74) is 1.16. The second-order valence-electron chi connectivity index (χ2n) is 5.59. The number of carbonyl (C=O) groups is 2. The normalized spacial score (nSPS) is 12.1. The maximum atomic E-state index is 12.0. The van der Waals surface area contributed by atoms with Gasteiger partial charge in [0.15, 0.2) is 5.78 Å². The summed E-state index contributed by atoms with van der Waals surface area (Å²) in [5.74, 6) is -0.0555. The van der Waals surface area contributed by atoms with E-state index in [1.54, 1.807) is 6.07 Å². The summed E-state index contributed by atoms with van der Waals surface area (Å²) in [7, 11) is 3.98. The molecule has 1 aromatic heterocycles. The third-order valence-electron chi connectivity index (χ3n) is 3.68. The fraction of sp³-hybridized carbons (Fsp3) is 0.333. The largest absolute Gasteiger partial charge is 0.354 e. The minimum absolute atomic E-state index is 0.0300. The summed E-state index contributed by atoms with van der Waals surface area (Å²) < 4.78 is 0. The van der Waals surface area contributed by atoms with Crippen LogP contribution in [0.3, 0.4) is 0 Å². The van der Waals surface area contributed by atoms with Crippen molar-refractivity contribution in [3.05, 3.63) is 58.3 Å². The Bertz CT molecular complexity index is 624. The highest BCUT2D eigenvalue weighted by atomic mass is 32.1. The quantitative estimate of drug-likeness (QED) is 0.757. The SMILES string of the molecule is CN(C)C(CNC(=O)CCC(=O)c1cccs1)c1ccccc1. The van der Waals surface area contributed by atoms with Crippen molar-refractivity contribution in [3.63, 3.8) is 0 Å². The van der Waals surface area contributed by atoms with Crippen molar-refractivity contribution in [2.24, 2.45) is 0 Å². The van der Waals surface area contributed by atoms with Crippen molar-refractivity contribution < 1.29 is 9.59 Å². The van der Waals surface area contributed by atoms with Gasteiger partial charge in [0.2, 0.25) is 5.91 Å². The van der Waals surface area contributed by atoms with Crippen molar-refractivity contribution in [3.8, 4) is 0 Å².